The van der Waals surface area contributed by atoms with Gasteiger partial charge in [0.1, 0.15) is 5.82 Å². The van der Waals surface area contributed by atoms with Gasteiger partial charge >= 0.3 is 0 Å². The Hall–Kier alpha value is -3.74. The van der Waals surface area contributed by atoms with Gasteiger partial charge < -0.3 is 10.2 Å². The Morgan fingerprint density at radius 3 is 2.72 bits per heavy atom. The third kappa shape index (κ3) is 3.00. The molecule has 4 aromatic rings. The molecule has 7 heteroatoms. The number of anilines is 2. The van der Waals surface area contributed by atoms with Crippen molar-refractivity contribution in [2.75, 3.05) is 12.4 Å². The average Bonchev–Trinajstić information content (AvgIpc) is 3.15. The summed E-state index contributed by atoms with van der Waals surface area (Å²) in [6, 6.07) is 17.3. The van der Waals surface area contributed by atoms with E-state index in [1.807, 2.05) is 68.6 Å². The van der Waals surface area contributed by atoms with E-state index in [1.54, 1.807) is 4.90 Å². The van der Waals surface area contributed by atoms with Gasteiger partial charge in [-0.1, -0.05) is 30.3 Å². The minimum atomic E-state index is -0.233. The Bertz CT molecular complexity index is 1230. The second kappa shape index (κ2) is 6.70. The number of fused-ring (bicyclic) bond motifs is 2. The molecule has 5 rings (SSSR count). The number of aromatic amines is 1. The van der Waals surface area contributed by atoms with Crippen molar-refractivity contribution >= 4 is 28.4 Å². The lowest BCUT2D eigenvalue weighted by atomic mass is 9.93. The topological polar surface area (TPSA) is 86.8 Å². The first-order valence-corrected chi connectivity index (χ1v) is 9.51. The van der Waals surface area contributed by atoms with Gasteiger partial charge in [0, 0.05) is 36.2 Å². The average molecular weight is 384 g/mol. The second-order valence-corrected chi connectivity index (χ2v) is 7.30. The Morgan fingerprint density at radius 1 is 1.10 bits per heavy atom. The number of para-hydroxylation sites is 1. The maximum absolute atomic E-state index is 12.9. The summed E-state index contributed by atoms with van der Waals surface area (Å²) in [4.78, 5) is 24.2. The highest BCUT2D eigenvalue weighted by molar-refractivity contribution is 5.97. The van der Waals surface area contributed by atoms with Gasteiger partial charge in [-0.3, -0.25) is 9.89 Å². The number of nitrogens with zero attached hydrogens (tertiary/aromatic N) is 4. The van der Waals surface area contributed by atoms with Gasteiger partial charge in [-0.15, -0.1) is 0 Å². The molecule has 0 bridgehead atoms. The van der Waals surface area contributed by atoms with E-state index in [9.17, 15) is 4.79 Å². The zero-order valence-corrected chi connectivity index (χ0v) is 16.2. The number of hydrogen-bond acceptors (Lipinski definition) is 5. The first kappa shape index (κ1) is 17.4. The third-order valence-corrected chi connectivity index (χ3v) is 5.32. The molecule has 2 aromatic carbocycles. The van der Waals surface area contributed by atoms with E-state index in [2.05, 4.69) is 15.5 Å². The van der Waals surface area contributed by atoms with Crippen LogP contribution in [-0.2, 0) is 6.42 Å². The van der Waals surface area contributed by atoms with Crippen LogP contribution in [0.5, 0.6) is 0 Å². The predicted octanol–water partition coefficient (Wildman–Crippen LogP) is 3.77. The zero-order valence-electron chi connectivity index (χ0n) is 16.2. The summed E-state index contributed by atoms with van der Waals surface area (Å²) in [5.74, 6) is 1.97. The molecule has 0 spiro atoms. The molecule has 0 aliphatic carbocycles. The summed E-state index contributed by atoms with van der Waals surface area (Å²) in [6.07, 6.45) is 0.678. The number of carbonyl (C=O) groups is 1. The van der Waals surface area contributed by atoms with Crippen molar-refractivity contribution in [3.8, 4) is 0 Å². The van der Waals surface area contributed by atoms with Crippen LogP contribution in [-0.4, -0.2) is 38.0 Å². The molecule has 1 atom stereocenters. The summed E-state index contributed by atoms with van der Waals surface area (Å²) in [5.41, 5.74) is 3.56. The molecule has 144 valence electrons. The van der Waals surface area contributed by atoms with E-state index in [0.29, 0.717) is 23.9 Å². The lowest BCUT2D eigenvalue weighted by molar-refractivity contribution is 0.0698. The molecular weight excluding hydrogens is 364 g/mol. The molecule has 0 saturated carbocycles. The Balaban J connectivity index is 1.61. The largest absolute Gasteiger partial charge is 0.331 e. The molecule has 3 heterocycles. The number of hydrogen-bond donors (Lipinski definition) is 2. The molecule has 7 nitrogen and oxygen atoms in total. The summed E-state index contributed by atoms with van der Waals surface area (Å²) >= 11 is 0. The van der Waals surface area contributed by atoms with Crippen molar-refractivity contribution in [2.24, 2.45) is 0 Å². The molecule has 0 saturated heterocycles. The molecule has 1 amide bonds. The highest BCUT2D eigenvalue weighted by Gasteiger charge is 2.32. The van der Waals surface area contributed by atoms with Crippen LogP contribution in [0.4, 0.5) is 11.6 Å². The van der Waals surface area contributed by atoms with Crippen molar-refractivity contribution in [3.63, 3.8) is 0 Å². The first-order chi connectivity index (χ1) is 14.1. The fourth-order valence-electron chi connectivity index (χ4n) is 3.79. The third-order valence-electron chi connectivity index (χ3n) is 5.32. The number of aromatic nitrogens is 4. The minimum absolute atomic E-state index is 0.00829. The molecule has 0 fully saturated rings. The highest BCUT2D eigenvalue weighted by Crippen LogP contribution is 2.33. The number of carbonyl (C=O) groups excluding carboxylic acids is 1. The molecule has 0 radical (unpaired) electrons. The van der Waals surface area contributed by atoms with Crippen LogP contribution in [0, 0.1) is 6.92 Å². The Kier molecular flexibility index (Phi) is 4.01. The van der Waals surface area contributed by atoms with Gasteiger partial charge in [0.25, 0.3) is 5.91 Å². The smallest absolute Gasteiger partial charge is 0.254 e. The van der Waals surface area contributed by atoms with Crippen LogP contribution in [0.1, 0.15) is 33.5 Å². The van der Waals surface area contributed by atoms with Crippen molar-refractivity contribution in [2.45, 2.75) is 19.4 Å². The van der Waals surface area contributed by atoms with Gasteiger partial charge in [-0.05, 0) is 30.7 Å². The number of likely N-dealkylation sites (N-methyl/N-ethyl adjacent to an activating group) is 1. The Morgan fingerprint density at radius 2 is 1.90 bits per heavy atom. The summed E-state index contributed by atoms with van der Waals surface area (Å²) in [5, 5.41) is 11.4. The van der Waals surface area contributed by atoms with Crippen LogP contribution in [0.2, 0.25) is 0 Å². The van der Waals surface area contributed by atoms with E-state index in [4.69, 9.17) is 9.97 Å². The monoisotopic (exact) mass is 384 g/mol. The number of aryl methyl sites for hydroxylation is 1. The quantitative estimate of drug-likeness (QED) is 0.561. The number of nitrogens with one attached hydrogen (secondary N) is 2. The van der Waals surface area contributed by atoms with E-state index in [0.717, 1.165) is 27.7 Å². The zero-order chi connectivity index (χ0) is 20.0. The van der Waals surface area contributed by atoms with Crippen LogP contribution in [0.3, 0.4) is 0 Å². The second-order valence-electron chi connectivity index (χ2n) is 7.30. The van der Waals surface area contributed by atoms with Crippen molar-refractivity contribution in [3.05, 3.63) is 77.2 Å². The first-order valence-electron chi connectivity index (χ1n) is 9.51. The summed E-state index contributed by atoms with van der Waals surface area (Å²) in [6.45, 7) is 1.95. The summed E-state index contributed by atoms with van der Waals surface area (Å²) < 4.78 is 0. The van der Waals surface area contributed by atoms with Gasteiger partial charge in [0.05, 0.1) is 11.6 Å². The van der Waals surface area contributed by atoms with E-state index < -0.39 is 0 Å². The van der Waals surface area contributed by atoms with Crippen molar-refractivity contribution in [1.29, 1.82) is 0 Å². The van der Waals surface area contributed by atoms with Crippen LogP contribution < -0.4 is 5.32 Å². The van der Waals surface area contributed by atoms with E-state index >= 15 is 0 Å². The number of amides is 1. The standard InChI is InChI=1S/C22H20N6O/c1-13-11-19(27-26-13)24-20-16-9-5-6-10-17(16)23-21(25-20)18-12-14-7-3-4-8-15(14)22(29)28(18)2/h3-11,18H,12H2,1-2H3,(H2,23,24,25,26,27). The van der Waals surface area contributed by atoms with Gasteiger partial charge in [0.15, 0.2) is 11.6 Å². The van der Waals surface area contributed by atoms with Crippen LogP contribution >= 0.6 is 0 Å². The molecule has 1 aliphatic heterocycles. The fourth-order valence-corrected chi connectivity index (χ4v) is 3.79. The molecule has 2 N–H and O–H groups in total. The molecule has 29 heavy (non-hydrogen) atoms. The number of H-pyrrole nitrogens is 1. The molecule has 1 unspecified atom stereocenters. The fraction of sp³-hybridized carbons (Fsp3) is 0.182. The predicted molar refractivity (Wildman–Crippen MR) is 111 cm³/mol. The maximum atomic E-state index is 12.9. The SMILES string of the molecule is Cc1cc(Nc2nc(C3Cc4ccccc4C(=O)N3C)nc3ccccc23)n[nH]1. The molecule has 2 aromatic heterocycles. The minimum Gasteiger partial charge on any atom is -0.331 e. The van der Waals surface area contributed by atoms with Crippen LogP contribution in [0.15, 0.2) is 54.6 Å². The van der Waals surface area contributed by atoms with Crippen molar-refractivity contribution < 1.29 is 4.79 Å². The highest BCUT2D eigenvalue weighted by atomic mass is 16.2. The van der Waals surface area contributed by atoms with E-state index in [1.165, 1.54) is 0 Å². The van der Waals surface area contributed by atoms with Gasteiger partial charge in [-0.25, -0.2) is 9.97 Å². The number of rotatable bonds is 3. The number of benzene rings is 2. The van der Waals surface area contributed by atoms with Crippen LogP contribution in [0.25, 0.3) is 10.9 Å². The summed E-state index contributed by atoms with van der Waals surface area (Å²) in [7, 11) is 1.81. The Labute approximate surface area is 167 Å². The lowest BCUT2D eigenvalue weighted by Gasteiger charge is -2.33. The normalized spacial score (nSPS) is 16.1. The molecular formula is C22H20N6O. The van der Waals surface area contributed by atoms with Crippen molar-refractivity contribution in [1.82, 2.24) is 25.1 Å². The maximum Gasteiger partial charge on any atom is 0.254 e. The van der Waals surface area contributed by atoms with E-state index in [-0.39, 0.29) is 11.9 Å². The molecule has 1 aliphatic rings. The lowest BCUT2D eigenvalue weighted by Crippen LogP contribution is -2.38. The van der Waals surface area contributed by atoms with Gasteiger partial charge in [-0.2, -0.15) is 5.10 Å². The van der Waals surface area contributed by atoms with Gasteiger partial charge in [0.2, 0.25) is 0 Å².